The van der Waals surface area contributed by atoms with Crippen molar-refractivity contribution in [2.75, 3.05) is 7.11 Å². The average Bonchev–Trinajstić information content (AvgIpc) is 2.57. The largest absolute Gasteiger partial charge is 0.444 e. The van der Waals surface area contributed by atoms with Gasteiger partial charge in [-0.25, -0.2) is 4.98 Å². The van der Waals surface area contributed by atoms with E-state index in [0.29, 0.717) is 18.7 Å². The molecule has 0 amide bonds. The predicted molar refractivity (Wildman–Crippen MR) is 65.8 cm³/mol. The van der Waals surface area contributed by atoms with E-state index in [2.05, 4.69) is 24.1 Å². The Kier molecular flexibility index (Phi) is 3.27. The van der Waals surface area contributed by atoms with Crippen molar-refractivity contribution in [3.63, 3.8) is 0 Å². The summed E-state index contributed by atoms with van der Waals surface area (Å²) in [5.74, 6) is 1.68. The Morgan fingerprint density at radius 3 is 2.65 bits per heavy atom. The number of hydrogen-bond donors (Lipinski definition) is 1. The van der Waals surface area contributed by atoms with Gasteiger partial charge in [0, 0.05) is 18.6 Å². The average molecular weight is 238 g/mol. The molecule has 1 N–H and O–H groups in total. The third-order valence-corrected chi connectivity index (χ3v) is 4.03. The standard InChI is InChI=1S/C13H22N2O2/c1-8-9(2)17-12(15-8)7-14-10-6-11(16-5)13(10,3)4/h10-11,14H,6-7H2,1-5H3. The topological polar surface area (TPSA) is 47.3 Å². The molecular weight excluding hydrogens is 216 g/mol. The number of ether oxygens (including phenoxy) is 1. The van der Waals surface area contributed by atoms with E-state index >= 15 is 0 Å². The molecule has 1 aromatic heterocycles. The molecule has 1 aromatic rings. The Morgan fingerprint density at radius 1 is 1.47 bits per heavy atom. The zero-order valence-electron chi connectivity index (χ0n) is 11.3. The van der Waals surface area contributed by atoms with E-state index in [4.69, 9.17) is 9.15 Å². The third-order valence-electron chi connectivity index (χ3n) is 4.03. The fourth-order valence-corrected chi connectivity index (χ4v) is 2.46. The van der Waals surface area contributed by atoms with E-state index in [0.717, 1.165) is 23.8 Å². The Morgan fingerprint density at radius 2 is 2.18 bits per heavy atom. The summed E-state index contributed by atoms with van der Waals surface area (Å²) < 4.78 is 11.0. The Balaban J connectivity index is 1.88. The van der Waals surface area contributed by atoms with Gasteiger partial charge in [0.1, 0.15) is 5.76 Å². The van der Waals surface area contributed by atoms with Gasteiger partial charge in [0.05, 0.1) is 18.3 Å². The zero-order valence-corrected chi connectivity index (χ0v) is 11.3. The number of hydrogen-bond acceptors (Lipinski definition) is 4. The van der Waals surface area contributed by atoms with Crippen LogP contribution in [0.15, 0.2) is 4.42 Å². The van der Waals surface area contributed by atoms with Gasteiger partial charge in [0.2, 0.25) is 5.89 Å². The van der Waals surface area contributed by atoms with E-state index < -0.39 is 0 Å². The molecule has 0 aliphatic heterocycles. The van der Waals surface area contributed by atoms with Gasteiger partial charge in [-0.05, 0) is 20.3 Å². The highest BCUT2D eigenvalue weighted by Gasteiger charge is 2.48. The van der Waals surface area contributed by atoms with E-state index in [9.17, 15) is 0 Å². The van der Waals surface area contributed by atoms with Gasteiger partial charge in [0.15, 0.2) is 0 Å². The minimum atomic E-state index is 0.186. The molecule has 0 radical (unpaired) electrons. The fraction of sp³-hybridized carbons (Fsp3) is 0.769. The van der Waals surface area contributed by atoms with Crippen LogP contribution in [0.5, 0.6) is 0 Å². The Labute approximate surface area is 103 Å². The summed E-state index contributed by atoms with van der Waals surface area (Å²) in [4.78, 5) is 4.37. The van der Waals surface area contributed by atoms with Crippen LogP contribution in [0.3, 0.4) is 0 Å². The van der Waals surface area contributed by atoms with E-state index in [-0.39, 0.29) is 5.41 Å². The van der Waals surface area contributed by atoms with Crippen molar-refractivity contribution in [1.82, 2.24) is 10.3 Å². The van der Waals surface area contributed by atoms with Crippen LogP contribution in [0.25, 0.3) is 0 Å². The van der Waals surface area contributed by atoms with E-state index in [1.54, 1.807) is 7.11 Å². The van der Waals surface area contributed by atoms with Gasteiger partial charge in [-0.2, -0.15) is 0 Å². The SMILES string of the molecule is COC1CC(NCc2nc(C)c(C)o2)C1(C)C. The van der Waals surface area contributed by atoms with Gasteiger partial charge < -0.3 is 14.5 Å². The maximum absolute atomic E-state index is 5.55. The molecule has 17 heavy (non-hydrogen) atoms. The summed E-state index contributed by atoms with van der Waals surface area (Å²) in [5, 5.41) is 3.49. The lowest BCUT2D eigenvalue weighted by Gasteiger charge is -2.51. The summed E-state index contributed by atoms with van der Waals surface area (Å²) in [7, 11) is 1.78. The molecule has 2 atom stereocenters. The quantitative estimate of drug-likeness (QED) is 0.873. The smallest absolute Gasteiger partial charge is 0.208 e. The summed E-state index contributed by atoms with van der Waals surface area (Å²) in [6, 6.07) is 0.472. The van der Waals surface area contributed by atoms with Crippen LogP contribution >= 0.6 is 0 Å². The second-order valence-corrected chi connectivity index (χ2v) is 5.46. The second kappa shape index (κ2) is 4.42. The molecule has 1 saturated carbocycles. The summed E-state index contributed by atoms with van der Waals surface area (Å²) in [5.41, 5.74) is 1.16. The molecule has 0 bridgehead atoms. The predicted octanol–water partition coefficient (Wildman–Crippen LogP) is 2.19. The number of aromatic nitrogens is 1. The van der Waals surface area contributed by atoms with Crippen molar-refractivity contribution in [2.45, 2.75) is 52.8 Å². The molecule has 96 valence electrons. The minimum Gasteiger partial charge on any atom is -0.444 e. The maximum Gasteiger partial charge on any atom is 0.208 e. The monoisotopic (exact) mass is 238 g/mol. The lowest BCUT2D eigenvalue weighted by Crippen LogP contribution is -2.60. The van der Waals surface area contributed by atoms with Gasteiger partial charge in [-0.1, -0.05) is 13.8 Å². The molecular formula is C13H22N2O2. The highest BCUT2D eigenvalue weighted by Crippen LogP contribution is 2.42. The van der Waals surface area contributed by atoms with Gasteiger partial charge in [-0.3, -0.25) is 0 Å². The van der Waals surface area contributed by atoms with Gasteiger partial charge in [-0.15, -0.1) is 0 Å². The minimum absolute atomic E-state index is 0.186. The van der Waals surface area contributed by atoms with Crippen molar-refractivity contribution in [1.29, 1.82) is 0 Å². The molecule has 2 rings (SSSR count). The van der Waals surface area contributed by atoms with Crippen molar-refractivity contribution >= 4 is 0 Å². The summed E-state index contributed by atoms with van der Waals surface area (Å²) >= 11 is 0. The third kappa shape index (κ3) is 2.24. The van der Waals surface area contributed by atoms with Crippen LogP contribution in [-0.2, 0) is 11.3 Å². The molecule has 1 heterocycles. The lowest BCUT2D eigenvalue weighted by atomic mass is 9.64. The van der Waals surface area contributed by atoms with E-state index in [1.807, 2.05) is 13.8 Å². The normalized spacial score (nSPS) is 26.9. The summed E-state index contributed by atoms with van der Waals surface area (Å²) in [6.07, 6.45) is 1.41. The number of nitrogens with one attached hydrogen (secondary N) is 1. The first kappa shape index (κ1) is 12.6. The molecule has 4 nitrogen and oxygen atoms in total. The molecule has 4 heteroatoms. The Hall–Kier alpha value is -0.870. The number of aryl methyl sites for hydroxylation is 2. The molecule has 0 saturated heterocycles. The number of oxazole rings is 1. The van der Waals surface area contributed by atoms with Crippen molar-refractivity contribution in [3.05, 3.63) is 17.3 Å². The molecule has 2 unspecified atom stereocenters. The zero-order chi connectivity index (χ0) is 12.6. The van der Waals surface area contributed by atoms with Crippen LogP contribution < -0.4 is 5.32 Å². The lowest BCUT2D eigenvalue weighted by molar-refractivity contribution is -0.0983. The fourth-order valence-electron chi connectivity index (χ4n) is 2.46. The highest BCUT2D eigenvalue weighted by molar-refractivity contribution is 5.07. The van der Waals surface area contributed by atoms with Crippen LogP contribution in [0, 0.1) is 19.3 Å². The first-order chi connectivity index (χ1) is 7.95. The van der Waals surface area contributed by atoms with Crippen molar-refractivity contribution < 1.29 is 9.15 Å². The molecule has 1 aliphatic carbocycles. The number of methoxy groups -OCH3 is 1. The number of rotatable bonds is 4. The summed E-state index contributed by atoms with van der Waals surface area (Å²) in [6.45, 7) is 9.07. The van der Waals surface area contributed by atoms with Crippen LogP contribution in [0.2, 0.25) is 0 Å². The van der Waals surface area contributed by atoms with Crippen LogP contribution in [0.1, 0.15) is 37.6 Å². The molecule has 1 aliphatic rings. The van der Waals surface area contributed by atoms with E-state index in [1.165, 1.54) is 0 Å². The van der Waals surface area contributed by atoms with Crippen molar-refractivity contribution in [3.8, 4) is 0 Å². The maximum atomic E-state index is 5.55. The first-order valence-electron chi connectivity index (χ1n) is 6.14. The molecule has 1 fully saturated rings. The van der Waals surface area contributed by atoms with Crippen LogP contribution in [-0.4, -0.2) is 24.2 Å². The second-order valence-electron chi connectivity index (χ2n) is 5.46. The number of nitrogens with zero attached hydrogens (tertiary/aromatic N) is 1. The Bertz CT molecular complexity index is 379. The highest BCUT2D eigenvalue weighted by atomic mass is 16.5. The first-order valence-corrected chi connectivity index (χ1v) is 6.14. The molecule has 0 aromatic carbocycles. The molecule has 0 spiro atoms. The van der Waals surface area contributed by atoms with Gasteiger partial charge in [0.25, 0.3) is 0 Å². The van der Waals surface area contributed by atoms with Crippen LogP contribution in [0.4, 0.5) is 0 Å². The van der Waals surface area contributed by atoms with Gasteiger partial charge >= 0.3 is 0 Å². The van der Waals surface area contributed by atoms with Crippen molar-refractivity contribution in [2.24, 2.45) is 5.41 Å².